The lowest BCUT2D eigenvalue weighted by Gasteiger charge is -2.35. The smallest absolute Gasteiger partial charge is 0.0619 e. The first kappa shape index (κ1) is 15.9. The Morgan fingerprint density at radius 3 is 2.61 bits per heavy atom. The highest BCUT2D eigenvalue weighted by atomic mass is 16.5. The first-order valence-electron chi connectivity index (χ1n) is 7.47. The predicted octanol–water partition coefficient (Wildman–Crippen LogP) is 2.50. The Kier molecular flexibility index (Phi) is 6.61. The van der Waals surface area contributed by atoms with Gasteiger partial charge in [-0.3, -0.25) is 4.90 Å². The van der Waals surface area contributed by atoms with Gasteiger partial charge in [0.05, 0.1) is 13.2 Å². The fourth-order valence-electron chi connectivity index (χ4n) is 2.85. The van der Waals surface area contributed by atoms with E-state index in [9.17, 15) is 0 Å². The van der Waals surface area contributed by atoms with Crippen LogP contribution in [0.25, 0.3) is 0 Å². The molecule has 3 heteroatoms. The quantitative estimate of drug-likeness (QED) is 0.793. The Hall–Kier alpha value is -0.120. The van der Waals surface area contributed by atoms with Crippen LogP contribution >= 0.6 is 0 Å². The van der Waals surface area contributed by atoms with Gasteiger partial charge in [-0.25, -0.2) is 0 Å². The Morgan fingerprint density at radius 2 is 2.06 bits per heavy atom. The molecule has 0 saturated carbocycles. The summed E-state index contributed by atoms with van der Waals surface area (Å²) in [7, 11) is 0. The molecular formula is C15H32N2O. The van der Waals surface area contributed by atoms with Crippen LogP contribution in [0.4, 0.5) is 0 Å². The maximum atomic E-state index is 5.74. The van der Waals surface area contributed by atoms with Crippen molar-refractivity contribution >= 4 is 0 Å². The number of ether oxygens (including phenoxy) is 1. The van der Waals surface area contributed by atoms with Crippen LogP contribution in [-0.4, -0.2) is 43.8 Å². The summed E-state index contributed by atoms with van der Waals surface area (Å²) >= 11 is 0. The summed E-state index contributed by atoms with van der Waals surface area (Å²) in [5.41, 5.74) is 6.12. The van der Waals surface area contributed by atoms with Crippen LogP contribution in [0.3, 0.4) is 0 Å². The molecule has 0 aromatic rings. The predicted molar refractivity (Wildman–Crippen MR) is 77.7 cm³/mol. The second-order valence-corrected chi connectivity index (χ2v) is 6.74. The minimum atomic E-state index is 0.385. The van der Waals surface area contributed by atoms with Crippen LogP contribution in [0, 0.1) is 11.3 Å². The maximum absolute atomic E-state index is 5.74. The van der Waals surface area contributed by atoms with Crippen molar-refractivity contribution in [2.24, 2.45) is 17.1 Å². The number of nitrogens with zero attached hydrogens (tertiary/aromatic N) is 1. The molecule has 2 N–H and O–H groups in total. The molecule has 0 aliphatic carbocycles. The molecule has 2 unspecified atom stereocenters. The Labute approximate surface area is 113 Å². The molecule has 1 aliphatic rings. The van der Waals surface area contributed by atoms with Crippen molar-refractivity contribution in [3.8, 4) is 0 Å². The summed E-state index contributed by atoms with van der Waals surface area (Å²) in [6, 6.07) is 0.585. The molecule has 1 heterocycles. The minimum absolute atomic E-state index is 0.385. The monoisotopic (exact) mass is 256 g/mol. The first-order valence-corrected chi connectivity index (χ1v) is 7.47. The summed E-state index contributed by atoms with van der Waals surface area (Å²) in [5, 5.41) is 0. The Balaban J connectivity index is 2.29. The highest BCUT2D eigenvalue weighted by molar-refractivity contribution is 4.76. The summed E-state index contributed by atoms with van der Waals surface area (Å²) in [6.07, 6.45) is 3.74. The zero-order chi connectivity index (χ0) is 13.6. The van der Waals surface area contributed by atoms with E-state index in [1.807, 2.05) is 0 Å². The molecule has 3 nitrogen and oxygen atoms in total. The van der Waals surface area contributed by atoms with Gasteiger partial charge in [-0.1, -0.05) is 20.8 Å². The molecule has 1 rings (SSSR count). The van der Waals surface area contributed by atoms with Crippen molar-refractivity contribution in [3.63, 3.8) is 0 Å². The van der Waals surface area contributed by atoms with Crippen molar-refractivity contribution in [2.45, 2.75) is 53.0 Å². The molecule has 0 aromatic carbocycles. The van der Waals surface area contributed by atoms with Crippen LogP contribution in [-0.2, 0) is 4.74 Å². The first-order chi connectivity index (χ1) is 8.45. The third kappa shape index (κ3) is 5.25. The lowest BCUT2D eigenvalue weighted by molar-refractivity contribution is -0.00201. The van der Waals surface area contributed by atoms with E-state index in [1.54, 1.807) is 0 Å². The molecule has 108 valence electrons. The number of hydrogen-bond acceptors (Lipinski definition) is 3. The number of hydrogen-bond donors (Lipinski definition) is 1. The highest BCUT2D eigenvalue weighted by Gasteiger charge is 2.24. The number of nitrogens with two attached hydrogens (primary N) is 1. The van der Waals surface area contributed by atoms with E-state index in [0.717, 1.165) is 38.6 Å². The van der Waals surface area contributed by atoms with E-state index < -0.39 is 0 Å². The lowest BCUT2D eigenvalue weighted by Crippen LogP contribution is -2.44. The van der Waals surface area contributed by atoms with Crippen molar-refractivity contribution in [2.75, 3.05) is 32.8 Å². The molecule has 1 aliphatic heterocycles. The molecule has 18 heavy (non-hydrogen) atoms. The van der Waals surface area contributed by atoms with Gasteiger partial charge in [-0.15, -0.1) is 0 Å². The second-order valence-electron chi connectivity index (χ2n) is 6.74. The van der Waals surface area contributed by atoms with E-state index >= 15 is 0 Å². The third-order valence-corrected chi connectivity index (χ3v) is 4.24. The Bertz CT molecular complexity index is 225. The standard InChI is InChI=1S/C15H32N2O/c1-13-12-18-11-10-17(13)9-5-6-14(7-8-16)15(2,3)4/h13-14H,5-12,16H2,1-4H3. The summed E-state index contributed by atoms with van der Waals surface area (Å²) in [4.78, 5) is 2.56. The van der Waals surface area contributed by atoms with E-state index in [-0.39, 0.29) is 0 Å². The minimum Gasteiger partial charge on any atom is -0.379 e. The maximum Gasteiger partial charge on any atom is 0.0619 e. The van der Waals surface area contributed by atoms with Gasteiger partial charge in [0.2, 0.25) is 0 Å². The van der Waals surface area contributed by atoms with Crippen LogP contribution in [0.15, 0.2) is 0 Å². The lowest BCUT2D eigenvalue weighted by atomic mass is 9.76. The van der Waals surface area contributed by atoms with Gasteiger partial charge in [0.25, 0.3) is 0 Å². The fourth-order valence-corrected chi connectivity index (χ4v) is 2.85. The van der Waals surface area contributed by atoms with Crippen LogP contribution in [0.2, 0.25) is 0 Å². The van der Waals surface area contributed by atoms with Crippen LogP contribution < -0.4 is 5.73 Å². The average Bonchev–Trinajstić information content (AvgIpc) is 2.29. The molecule has 0 aromatic heterocycles. The highest BCUT2D eigenvalue weighted by Crippen LogP contribution is 2.32. The molecule has 2 atom stereocenters. The molecule has 0 amide bonds. The van der Waals surface area contributed by atoms with E-state index in [1.165, 1.54) is 19.4 Å². The topological polar surface area (TPSA) is 38.5 Å². The molecule has 1 saturated heterocycles. The molecular weight excluding hydrogens is 224 g/mol. The van der Waals surface area contributed by atoms with Crippen molar-refractivity contribution in [1.29, 1.82) is 0 Å². The van der Waals surface area contributed by atoms with Gasteiger partial charge >= 0.3 is 0 Å². The van der Waals surface area contributed by atoms with Gasteiger partial charge in [-0.2, -0.15) is 0 Å². The zero-order valence-corrected chi connectivity index (χ0v) is 12.7. The van der Waals surface area contributed by atoms with Crippen molar-refractivity contribution in [3.05, 3.63) is 0 Å². The normalized spacial score (nSPS) is 24.2. The average molecular weight is 256 g/mol. The fraction of sp³-hybridized carbons (Fsp3) is 1.00. The number of rotatable bonds is 6. The SMILES string of the molecule is CC1COCCN1CCCC(CCN)C(C)(C)C. The van der Waals surface area contributed by atoms with Crippen molar-refractivity contribution in [1.82, 2.24) is 4.90 Å². The Morgan fingerprint density at radius 1 is 1.33 bits per heavy atom. The van der Waals surface area contributed by atoms with E-state index in [2.05, 4.69) is 32.6 Å². The molecule has 1 fully saturated rings. The van der Waals surface area contributed by atoms with Gasteiger partial charge in [0.1, 0.15) is 0 Å². The number of morpholine rings is 1. The van der Waals surface area contributed by atoms with Gasteiger partial charge in [-0.05, 0) is 50.6 Å². The summed E-state index contributed by atoms with van der Waals surface area (Å²) < 4.78 is 5.47. The molecule has 0 bridgehead atoms. The zero-order valence-electron chi connectivity index (χ0n) is 12.7. The molecule has 0 spiro atoms. The second kappa shape index (κ2) is 7.46. The van der Waals surface area contributed by atoms with Crippen molar-refractivity contribution < 1.29 is 4.74 Å². The van der Waals surface area contributed by atoms with Gasteiger partial charge in [0, 0.05) is 12.6 Å². The van der Waals surface area contributed by atoms with E-state index in [0.29, 0.717) is 11.5 Å². The van der Waals surface area contributed by atoms with Gasteiger partial charge in [0.15, 0.2) is 0 Å². The largest absolute Gasteiger partial charge is 0.379 e. The molecule has 0 radical (unpaired) electrons. The van der Waals surface area contributed by atoms with Crippen LogP contribution in [0.5, 0.6) is 0 Å². The van der Waals surface area contributed by atoms with Gasteiger partial charge < -0.3 is 10.5 Å². The van der Waals surface area contributed by atoms with Crippen LogP contribution in [0.1, 0.15) is 47.0 Å². The van der Waals surface area contributed by atoms with E-state index in [4.69, 9.17) is 10.5 Å². The third-order valence-electron chi connectivity index (χ3n) is 4.24. The summed E-state index contributed by atoms with van der Waals surface area (Å²) in [5.74, 6) is 0.749. The summed E-state index contributed by atoms with van der Waals surface area (Å²) in [6.45, 7) is 14.2.